The molecule has 1 nitrogen and oxygen atoms in total. The monoisotopic (exact) mass is 669 g/mol. The first-order chi connectivity index (χ1) is 22.7. The number of hydrogen-bond acceptors (Lipinski definition) is 2. The predicted octanol–water partition coefficient (Wildman–Crippen LogP) is 12.6. The summed E-state index contributed by atoms with van der Waals surface area (Å²) >= 11 is 5.75. The molecule has 0 aliphatic heterocycles. The molecule has 0 amide bonds. The van der Waals surface area contributed by atoms with Crippen LogP contribution in [0.1, 0.15) is 22.3 Å². The van der Waals surface area contributed by atoms with E-state index in [-0.39, 0.29) is 0 Å². The Morgan fingerprint density at radius 3 is 1.83 bits per heavy atom. The summed E-state index contributed by atoms with van der Waals surface area (Å²) in [6, 6.07) is 62.1. The van der Waals surface area contributed by atoms with E-state index >= 15 is 0 Å². The standard InChI is InChI=1S/C43H28BrNS/c44-31-26-37-36-21-11-13-23-41(36)46-42(37)40(27-31)45(32-18-8-3-9-19-32)33-24-25-35-34-20-10-12-22-38(34)43(39(35)28-33,29-14-4-1-5-15-29)30-16-6-2-7-17-30/h1-28H. The topological polar surface area (TPSA) is 3.24 Å². The van der Waals surface area contributed by atoms with E-state index in [4.69, 9.17) is 0 Å². The van der Waals surface area contributed by atoms with Crippen molar-refractivity contribution in [2.45, 2.75) is 5.41 Å². The van der Waals surface area contributed by atoms with E-state index in [2.05, 4.69) is 191 Å². The zero-order chi connectivity index (χ0) is 30.7. The molecule has 0 unspecified atom stereocenters. The van der Waals surface area contributed by atoms with Gasteiger partial charge in [0.2, 0.25) is 0 Å². The Labute approximate surface area is 281 Å². The highest BCUT2D eigenvalue weighted by molar-refractivity contribution is 9.10. The van der Waals surface area contributed by atoms with Crippen LogP contribution in [0.15, 0.2) is 174 Å². The molecule has 1 aliphatic carbocycles. The molecule has 0 fully saturated rings. The summed E-state index contributed by atoms with van der Waals surface area (Å²) in [4.78, 5) is 2.44. The van der Waals surface area contributed by atoms with Crippen molar-refractivity contribution in [3.63, 3.8) is 0 Å². The maximum Gasteiger partial charge on any atom is 0.0714 e. The predicted molar refractivity (Wildman–Crippen MR) is 199 cm³/mol. The molecule has 8 aromatic rings. The Bertz CT molecular complexity index is 2340. The number of hydrogen-bond donors (Lipinski definition) is 0. The minimum atomic E-state index is -0.461. The summed E-state index contributed by atoms with van der Waals surface area (Å²) in [6.07, 6.45) is 0. The van der Waals surface area contributed by atoms with E-state index in [0.29, 0.717) is 0 Å². The number of benzene rings is 7. The normalized spacial score (nSPS) is 13.1. The van der Waals surface area contributed by atoms with Crippen molar-refractivity contribution in [2.75, 3.05) is 4.90 Å². The Balaban J connectivity index is 1.37. The fourth-order valence-corrected chi connectivity index (χ4v) is 9.15. The number of nitrogens with zero attached hydrogens (tertiary/aromatic N) is 1. The number of rotatable bonds is 5. The van der Waals surface area contributed by atoms with Gasteiger partial charge in [-0.25, -0.2) is 0 Å². The molecule has 1 aromatic heterocycles. The lowest BCUT2D eigenvalue weighted by atomic mass is 9.67. The Morgan fingerprint density at radius 1 is 0.478 bits per heavy atom. The molecule has 9 rings (SSSR count). The van der Waals surface area contributed by atoms with Crippen molar-refractivity contribution in [3.05, 3.63) is 197 Å². The Hall–Kier alpha value is -4.96. The second kappa shape index (κ2) is 10.8. The second-order valence-electron chi connectivity index (χ2n) is 11.8. The van der Waals surface area contributed by atoms with Gasteiger partial charge < -0.3 is 4.90 Å². The van der Waals surface area contributed by atoms with E-state index < -0.39 is 5.41 Å². The molecule has 0 atom stereocenters. The summed E-state index contributed by atoms with van der Waals surface area (Å²) < 4.78 is 3.63. The van der Waals surface area contributed by atoms with Crippen molar-refractivity contribution in [2.24, 2.45) is 0 Å². The lowest BCUT2D eigenvalue weighted by Gasteiger charge is -2.35. The average Bonchev–Trinajstić information content (AvgIpc) is 3.63. The van der Waals surface area contributed by atoms with E-state index in [1.807, 2.05) is 11.3 Å². The number of fused-ring (bicyclic) bond motifs is 6. The molecule has 0 spiro atoms. The molecular weight excluding hydrogens is 642 g/mol. The van der Waals surface area contributed by atoms with Crippen LogP contribution >= 0.6 is 27.3 Å². The highest BCUT2D eigenvalue weighted by Gasteiger charge is 2.46. The number of halogens is 1. The second-order valence-corrected chi connectivity index (χ2v) is 13.8. The maximum absolute atomic E-state index is 3.89. The molecule has 3 heteroatoms. The van der Waals surface area contributed by atoms with Gasteiger partial charge in [-0.3, -0.25) is 0 Å². The van der Waals surface area contributed by atoms with Gasteiger partial charge in [0.15, 0.2) is 0 Å². The summed E-state index contributed by atoms with van der Waals surface area (Å²) in [5, 5.41) is 2.55. The molecule has 1 aliphatic rings. The van der Waals surface area contributed by atoms with Crippen LogP contribution in [0, 0.1) is 0 Å². The van der Waals surface area contributed by atoms with Gasteiger partial charge in [0.1, 0.15) is 0 Å². The van der Waals surface area contributed by atoms with Gasteiger partial charge >= 0.3 is 0 Å². The van der Waals surface area contributed by atoms with E-state index in [1.54, 1.807) is 0 Å². The lowest BCUT2D eigenvalue weighted by molar-refractivity contribution is 0.768. The van der Waals surface area contributed by atoms with Gasteiger partial charge in [-0.15, -0.1) is 11.3 Å². The largest absolute Gasteiger partial charge is 0.309 e. The Morgan fingerprint density at radius 2 is 1.09 bits per heavy atom. The van der Waals surface area contributed by atoms with Crippen LogP contribution in [0.4, 0.5) is 17.1 Å². The van der Waals surface area contributed by atoms with Crippen molar-refractivity contribution >= 4 is 64.5 Å². The first kappa shape index (κ1) is 27.4. The summed E-state index contributed by atoms with van der Waals surface area (Å²) in [5.74, 6) is 0. The van der Waals surface area contributed by atoms with E-state index in [9.17, 15) is 0 Å². The number of para-hydroxylation sites is 1. The number of thiophene rings is 1. The first-order valence-electron chi connectivity index (χ1n) is 15.5. The quantitative estimate of drug-likeness (QED) is 0.176. The third-order valence-electron chi connectivity index (χ3n) is 9.38. The molecule has 7 aromatic carbocycles. The Kier molecular flexibility index (Phi) is 6.45. The lowest BCUT2D eigenvalue weighted by Crippen LogP contribution is -2.28. The van der Waals surface area contributed by atoms with Crippen molar-refractivity contribution in [1.82, 2.24) is 0 Å². The maximum atomic E-state index is 3.89. The summed E-state index contributed by atoms with van der Waals surface area (Å²) in [5.41, 5.74) is 10.7. The highest BCUT2D eigenvalue weighted by Crippen LogP contribution is 2.57. The molecular formula is C43H28BrNS. The van der Waals surface area contributed by atoms with Gasteiger partial charge in [0.25, 0.3) is 0 Å². The van der Waals surface area contributed by atoms with Gasteiger partial charge in [-0.1, -0.05) is 143 Å². The van der Waals surface area contributed by atoms with Gasteiger partial charge in [-0.05, 0) is 75.8 Å². The first-order valence-corrected chi connectivity index (χ1v) is 17.2. The molecule has 46 heavy (non-hydrogen) atoms. The molecule has 0 radical (unpaired) electrons. The van der Waals surface area contributed by atoms with Crippen molar-refractivity contribution < 1.29 is 0 Å². The van der Waals surface area contributed by atoms with Gasteiger partial charge in [0.05, 0.1) is 15.8 Å². The summed E-state index contributed by atoms with van der Waals surface area (Å²) in [6.45, 7) is 0. The molecule has 0 saturated heterocycles. The smallest absolute Gasteiger partial charge is 0.0714 e. The SMILES string of the molecule is Brc1cc(N(c2ccccc2)c2ccc3c(c2)C(c2ccccc2)(c2ccccc2)c2ccccc2-3)c2sc3ccccc3c2c1. The minimum Gasteiger partial charge on any atom is -0.309 e. The van der Waals surface area contributed by atoms with E-state index in [0.717, 1.165) is 21.5 Å². The molecule has 0 bridgehead atoms. The third kappa shape index (κ3) is 4.05. The van der Waals surface area contributed by atoms with Crippen LogP contribution in [0.2, 0.25) is 0 Å². The van der Waals surface area contributed by atoms with Crippen LogP contribution < -0.4 is 4.90 Å². The third-order valence-corrected chi connectivity index (χ3v) is 11.0. The van der Waals surface area contributed by atoms with Gasteiger partial charge in [0, 0.05) is 31.3 Å². The summed E-state index contributed by atoms with van der Waals surface area (Å²) in [7, 11) is 0. The van der Waals surface area contributed by atoms with E-state index in [1.165, 1.54) is 53.6 Å². The van der Waals surface area contributed by atoms with Gasteiger partial charge in [-0.2, -0.15) is 0 Å². The zero-order valence-electron chi connectivity index (χ0n) is 24.9. The highest BCUT2D eigenvalue weighted by atomic mass is 79.9. The van der Waals surface area contributed by atoms with Crippen LogP contribution in [0.3, 0.4) is 0 Å². The molecule has 218 valence electrons. The fourth-order valence-electron chi connectivity index (χ4n) is 7.52. The van der Waals surface area contributed by atoms with Crippen LogP contribution in [0.5, 0.6) is 0 Å². The fraction of sp³-hybridized carbons (Fsp3) is 0.0233. The molecule has 1 heterocycles. The molecule has 0 saturated carbocycles. The minimum absolute atomic E-state index is 0.461. The van der Waals surface area contributed by atoms with Crippen LogP contribution in [-0.2, 0) is 5.41 Å². The number of anilines is 3. The average molecular weight is 671 g/mol. The van der Waals surface area contributed by atoms with Crippen LogP contribution in [0.25, 0.3) is 31.3 Å². The zero-order valence-corrected chi connectivity index (χ0v) is 27.3. The van der Waals surface area contributed by atoms with Crippen molar-refractivity contribution in [1.29, 1.82) is 0 Å². The molecule has 0 N–H and O–H groups in total. The van der Waals surface area contributed by atoms with Crippen LogP contribution in [-0.4, -0.2) is 0 Å². The van der Waals surface area contributed by atoms with Crippen molar-refractivity contribution in [3.8, 4) is 11.1 Å².